The number of aromatic nitrogens is 1. The lowest BCUT2D eigenvalue weighted by atomic mass is 10.0. The Balaban J connectivity index is 1.38. The molecule has 3 saturated heterocycles. The third kappa shape index (κ3) is 2.72. The molecule has 6 heteroatoms. The van der Waals surface area contributed by atoms with Gasteiger partial charge in [-0.1, -0.05) is 6.07 Å². The number of likely N-dealkylation sites (tertiary alicyclic amines) is 2. The van der Waals surface area contributed by atoms with Gasteiger partial charge in [-0.15, -0.1) is 0 Å². The van der Waals surface area contributed by atoms with Crippen LogP contribution in [0.4, 0.5) is 0 Å². The minimum Gasteiger partial charge on any atom is -0.381 e. The molecule has 4 rings (SSSR count). The summed E-state index contributed by atoms with van der Waals surface area (Å²) in [6.45, 7) is 3.84. The third-order valence-electron chi connectivity index (χ3n) is 5.21. The molecule has 1 aromatic rings. The molecule has 0 bridgehead atoms. The first-order valence-electron chi connectivity index (χ1n) is 8.26. The van der Waals surface area contributed by atoms with Crippen LogP contribution in [-0.2, 0) is 20.9 Å². The van der Waals surface area contributed by atoms with Gasteiger partial charge < -0.3 is 14.5 Å². The van der Waals surface area contributed by atoms with Crippen molar-refractivity contribution in [2.45, 2.75) is 13.0 Å². The average Bonchev–Trinajstić information content (AvgIpc) is 3.28. The summed E-state index contributed by atoms with van der Waals surface area (Å²) >= 11 is 0. The van der Waals surface area contributed by atoms with E-state index in [0.717, 1.165) is 18.5 Å². The van der Waals surface area contributed by atoms with Crippen LogP contribution in [0, 0.1) is 17.8 Å². The van der Waals surface area contributed by atoms with Crippen molar-refractivity contribution in [2.75, 3.05) is 32.8 Å². The fourth-order valence-corrected chi connectivity index (χ4v) is 3.97. The summed E-state index contributed by atoms with van der Waals surface area (Å²) in [6, 6.07) is 3.88. The minimum absolute atomic E-state index is 0.00424. The van der Waals surface area contributed by atoms with Crippen LogP contribution in [0.3, 0.4) is 0 Å². The molecule has 3 atom stereocenters. The van der Waals surface area contributed by atoms with Gasteiger partial charge in [-0.05, 0) is 18.1 Å². The Morgan fingerprint density at radius 3 is 2.96 bits per heavy atom. The van der Waals surface area contributed by atoms with E-state index in [0.29, 0.717) is 32.8 Å². The zero-order chi connectivity index (χ0) is 15.8. The Morgan fingerprint density at radius 1 is 1.35 bits per heavy atom. The lowest BCUT2D eigenvalue weighted by Gasteiger charge is -2.23. The normalized spacial score (nSPS) is 30.1. The Morgan fingerprint density at radius 2 is 2.26 bits per heavy atom. The monoisotopic (exact) mass is 315 g/mol. The molecule has 2 amide bonds. The zero-order valence-electron chi connectivity index (χ0n) is 13.1. The minimum atomic E-state index is -0.0297. The predicted molar refractivity (Wildman–Crippen MR) is 82.1 cm³/mol. The molecule has 6 nitrogen and oxygen atoms in total. The molecule has 1 aromatic heterocycles. The molecule has 3 aliphatic heterocycles. The molecule has 1 unspecified atom stereocenters. The SMILES string of the molecule is O=C(C1CCOC1)N1C[C@H]2CN(Cc3cccnc3)C(=O)[C@H]2C1. The van der Waals surface area contributed by atoms with Crippen molar-refractivity contribution < 1.29 is 14.3 Å². The third-order valence-corrected chi connectivity index (χ3v) is 5.21. The Kier molecular flexibility index (Phi) is 3.77. The van der Waals surface area contributed by atoms with Crippen LogP contribution in [-0.4, -0.2) is 59.4 Å². The van der Waals surface area contributed by atoms with Gasteiger partial charge in [0.25, 0.3) is 0 Å². The van der Waals surface area contributed by atoms with Gasteiger partial charge in [0.15, 0.2) is 0 Å². The van der Waals surface area contributed by atoms with Crippen LogP contribution in [0.1, 0.15) is 12.0 Å². The Bertz CT molecular complexity index is 600. The van der Waals surface area contributed by atoms with E-state index < -0.39 is 0 Å². The van der Waals surface area contributed by atoms with Gasteiger partial charge in [0, 0.05) is 51.1 Å². The summed E-state index contributed by atoms with van der Waals surface area (Å²) in [5.41, 5.74) is 1.05. The molecule has 4 heterocycles. The maximum absolute atomic E-state index is 12.6. The van der Waals surface area contributed by atoms with Crippen molar-refractivity contribution in [2.24, 2.45) is 17.8 Å². The molecule has 0 aromatic carbocycles. The number of carbonyl (C=O) groups excluding carboxylic acids is 2. The molecule has 0 N–H and O–H groups in total. The molecular weight excluding hydrogens is 294 g/mol. The molecule has 0 saturated carbocycles. The highest BCUT2D eigenvalue weighted by Gasteiger charge is 2.48. The van der Waals surface area contributed by atoms with Crippen molar-refractivity contribution in [3.63, 3.8) is 0 Å². The maximum Gasteiger partial charge on any atom is 0.228 e. The number of pyridine rings is 1. The quantitative estimate of drug-likeness (QED) is 0.816. The smallest absolute Gasteiger partial charge is 0.228 e. The second-order valence-electron chi connectivity index (χ2n) is 6.75. The molecule has 3 fully saturated rings. The van der Waals surface area contributed by atoms with Crippen molar-refractivity contribution in [1.82, 2.24) is 14.8 Å². The van der Waals surface area contributed by atoms with E-state index in [1.54, 1.807) is 12.4 Å². The van der Waals surface area contributed by atoms with E-state index >= 15 is 0 Å². The number of hydrogen-bond acceptors (Lipinski definition) is 4. The van der Waals surface area contributed by atoms with Gasteiger partial charge in [-0.2, -0.15) is 0 Å². The molecule has 122 valence electrons. The van der Waals surface area contributed by atoms with Crippen molar-refractivity contribution in [3.05, 3.63) is 30.1 Å². The molecular formula is C17H21N3O3. The number of rotatable bonds is 3. The van der Waals surface area contributed by atoms with E-state index in [4.69, 9.17) is 4.74 Å². The highest BCUT2D eigenvalue weighted by atomic mass is 16.5. The van der Waals surface area contributed by atoms with Crippen LogP contribution in [0.25, 0.3) is 0 Å². The van der Waals surface area contributed by atoms with E-state index in [-0.39, 0.29) is 29.6 Å². The Labute approximate surface area is 135 Å². The lowest BCUT2D eigenvalue weighted by Crippen LogP contribution is -2.38. The topological polar surface area (TPSA) is 62.7 Å². The van der Waals surface area contributed by atoms with Crippen molar-refractivity contribution >= 4 is 11.8 Å². The number of carbonyl (C=O) groups is 2. The number of ether oxygens (including phenoxy) is 1. The standard InChI is InChI=1S/C17H21N3O3/c21-16(13-3-5-23-11-13)20-9-14-8-19(17(22)15(14)10-20)7-12-2-1-4-18-6-12/h1-2,4,6,13-15H,3,5,7-11H2/t13?,14-,15+/m1/s1. The van der Waals surface area contributed by atoms with Gasteiger partial charge >= 0.3 is 0 Å². The van der Waals surface area contributed by atoms with Crippen molar-refractivity contribution in [1.29, 1.82) is 0 Å². The van der Waals surface area contributed by atoms with Gasteiger partial charge in [-0.3, -0.25) is 14.6 Å². The largest absolute Gasteiger partial charge is 0.381 e. The zero-order valence-corrected chi connectivity index (χ0v) is 13.1. The first-order valence-corrected chi connectivity index (χ1v) is 8.26. The predicted octanol–water partition coefficient (Wildman–Crippen LogP) is 0.535. The van der Waals surface area contributed by atoms with Gasteiger partial charge in [0.2, 0.25) is 11.8 Å². The van der Waals surface area contributed by atoms with Crippen LogP contribution >= 0.6 is 0 Å². The second-order valence-corrected chi connectivity index (χ2v) is 6.75. The van der Waals surface area contributed by atoms with Crippen LogP contribution in [0.15, 0.2) is 24.5 Å². The first kappa shape index (κ1) is 14.6. The van der Waals surface area contributed by atoms with E-state index in [2.05, 4.69) is 4.98 Å². The Hall–Kier alpha value is -1.95. The molecule has 0 spiro atoms. The van der Waals surface area contributed by atoms with Gasteiger partial charge in [0.05, 0.1) is 18.4 Å². The summed E-state index contributed by atoms with van der Waals surface area (Å²) < 4.78 is 5.31. The lowest BCUT2D eigenvalue weighted by molar-refractivity contribution is -0.136. The second kappa shape index (κ2) is 5.92. The van der Waals surface area contributed by atoms with Gasteiger partial charge in [0.1, 0.15) is 0 Å². The van der Waals surface area contributed by atoms with E-state index in [9.17, 15) is 9.59 Å². The highest BCUT2D eigenvalue weighted by Crippen LogP contribution is 2.34. The fraction of sp³-hybridized carbons (Fsp3) is 0.588. The summed E-state index contributed by atoms with van der Waals surface area (Å²) in [4.78, 5) is 33.0. The summed E-state index contributed by atoms with van der Waals surface area (Å²) in [5, 5.41) is 0. The van der Waals surface area contributed by atoms with E-state index in [1.807, 2.05) is 21.9 Å². The molecule has 3 aliphatic rings. The summed E-state index contributed by atoms with van der Waals surface area (Å²) in [6.07, 6.45) is 4.35. The molecule has 0 aliphatic carbocycles. The van der Waals surface area contributed by atoms with Gasteiger partial charge in [-0.25, -0.2) is 0 Å². The maximum atomic E-state index is 12.6. The summed E-state index contributed by atoms with van der Waals surface area (Å²) in [7, 11) is 0. The van der Waals surface area contributed by atoms with Crippen molar-refractivity contribution in [3.8, 4) is 0 Å². The van der Waals surface area contributed by atoms with Crippen LogP contribution in [0.5, 0.6) is 0 Å². The fourth-order valence-electron chi connectivity index (χ4n) is 3.97. The highest BCUT2D eigenvalue weighted by molar-refractivity contribution is 5.85. The number of fused-ring (bicyclic) bond motifs is 1. The molecule has 23 heavy (non-hydrogen) atoms. The number of nitrogens with zero attached hydrogens (tertiary/aromatic N) is 3. The first-order chi connectivity index (χ1) is 11.2. The number of hydrogen-bond donors (Lipinski definition) is 0. The number of amides is 2. The summed E-state index contributed by atoms with van der Waals surface area (Å²) in [5.74, 6) is 0.583. The van der Waals surface area contributed by atoms with E-state index in [1.165, 1.54) is 0 Å². The molecule has 0 radical (unpaired) electrons. The van der Waals surface area contributed by atoms with Crippen LogP contribution in [0.2, 0.25) is 0 Å². The van der Waals surface area contributed by atoms with Crippen LogP contribution < -0.4 is 0 Å². The average molecular weight is 315 g/mol.